The Morgan fingerprint density at radius 2 is 1.88 bits per heavy atom. The van der Waals surface area contributed by atoms with Crippen LogP contribution in [0, 0.1) is 5.92 Å². The zero-order chi connectivity index (χ0) is 12.8. The minimum atomic E-state index is -0.924. The van der Waals surface area contributed by atoms with Crippen molar-refractivity contribution in [1.82, 2.24) is 0 Å². The van der Waals surface area contributed by atoms with Crippen molar-refractivity contribution in [2.75, 3.05) is 11.9 Å². The molecule has 0 amide bonds. The summed E-state index contributed by atoms with van der Waals surface area (Å²) in [5, 5.41) is 21.0. The number of rotatable bonds is 6. The molecule has 0 aliphatic rings. The third-order valence-corrected chi connectivity index (χ3v) is 2.73. The van der Waals surface area contributed by atoms with Crippen molar-refractivity contribution in [3.05, 3.63) is 29.8 Å². The Balaban J connectivity index is 2.69. The fraction of sp³-hybridized carbons (Fsp3) is 0.462. The van der Waals surface area contributed by atoms with Crippen LogP contribution in [0.4, 0.5) is 5.69 Å². The topological polar surface area (TPSA) is 69.6 Å². The summed E-state index contributed by atoms with van der Waals surface area (Å²) in [6.07, 6.45) is 0.679. The van der Waals surface area contributed by atoms with Crippen LogP contribution >= 0.6 is 0 Å². The fourth-order valence-electron chi connectivity index (χ4n) is 1.63. The van der Waals surface area contributed by atoms with Crippen molar-refractivity contribution in [1.29, 1.82) is 0 Å². The lowest BCUT2D eigenvalue weighted by Crippen LogP contribution is -2.26. The summed E-state index contributed by atoms with van der Waals surface area (Å²) in [6, 6.07) is 6.82. The highest BCUT2D eigenvalue weighted by Crippen LogP contribution is 2.16. The van der Waals surface area contributed by atoms with Crippen LogP contribution in [-0.2, 0) is 0 Å². The standard InChI is InChI=1S/C13H19NO3/c1-9(2)12(7-8-15)14-11-5-3-10(4-6-11)13(16)17/h3-6,9,12,14-15H,7-8H2,1-2H3,(H,16,17). The fourth-order valence-corrected chi connectivity index (χ4v) is 1.63. The average molecular weight is 237 g/mol. The van der Waals surface area contributed by atoms with Gasteiger partial charge in [-0.05, 0) is 36.6 Å². The highest BCUT2D eigenvalue weighted by atomic mass is 16.4. The molecule has 0 radical (unpaired) electrons. The lowest BCUT2D eigenvalue weighted by atomic mass is 10.0. The van der Waals surface area contributed by atoms with Gasteiger partial charge in [0, 0.05) is 18.3 Å². The van der Waals surface area contributed by atoms with Gasteiger partial charge in [0.2, 0.25) is 0 Å². The molecule has 1 rings (SSSR count). The largest absolute Gasteiger partial charge is 0.478 e. The van der Waals surface area contributed by atoms with Gasteiger partial charge in [-0.15, -0.1) is 0 Å². The van der Waals surface area contributed by atoms with Gasteiger partial charge in [-0.25, -0.2) is 4.79 Å². The van der Waals surface area contributed by atoms with Crippen LogP contribution in [0.2, 0.25) is 0 Å². The van der Waals surface area contributed by atoms with E-state index in [1.165, 1.54) is 0 Å². The molecule has 0 saturated heterocycles. The second kappa shape index (κ2) is 6.25. The molecule has 94 valence electrons. The first-order valence-corrected chi connectivity index (χ1v) is 5.75. The van der Waals surface area contributed by atoms with Gasteiger partial charge in [-0.1, -0.05) is 13.8 Å². The summed E-state index contributed by atoms with van der Waals surface area (Å²) in [4.78, 5) is 10.7. The van der Waals surface area contributed by atoms with Gasteiger partial charge < -0.3 is 15.5 Å². The third kappa shape index (κ3) is 4.07. The van der Waals surface area contributed by atoms with Crippen LogP contribution in [-0.4, -0.2) is 28.8 Å². The number of carbonyl (C=O) groups is 1. The number of carboxylic acid groups (broad SMARTS) is 1. The van der Waals surface area contributed by atoms with Crippen LogP contribution in [0.1, 0.15) is 30.6 Å². The minimum Gasteiger partial charge on any atom is -0.478 e. The van der Waals surface area contributed by atoms with Crippen LogP contribution in [0.25, 0.3) is 0 Å². The summed E-state index contributed by atoms with van der Waals surface area (Å²) < 4.78 is 0. The van der Waals surface area contributed by atoms with Crippen LogP contribution in [0.5, 0.6) is 0 Å². The van der Waals surface area contributed by atoms with Crippen molar-refractivity contribution >= 4 is 11.7 Å². The lowest BCUT2D eigenvalue weighted by molar-refractivity contribution is 0.0697. The summed E-state index contributed by atoms with van der Waals surface area (Å²) in [5.41, 5.74) is 1.15. The Bertz CT molecular complexity index is 359. The molecule has 0 bridgehead atoms. The summed E-state index contributed by atoms with van der Waals surface area (Å²) in [5.74, 6) is -0.520. The predicted molar refractivity (Wildman–Crippen MR) is 67.4 cm³/mol. The maximum atomic E-state index is 10.7. The Kier molecular flexibility index (Phi) is 4.97. The first-order valence-electron chi connectivity index (χ1n) is 5.75. The molecular formula is C13H19NO3. The number of hydrogen-bond acceptors (Lipinski definition) is 3. The molecule has 0 aliphatic heterocycles. The SMILES string of the molecule is CC(C)C(CCO)Nc1ccc(C(=O)O)cc1. The minimum absolute atomic E-state index is 0.142. The van der Waals surface area contributed by atoms with Crippen molar-refractivity contribution in [2.24, 2.45) is 5.92 Å². The van der Waals surface area contributed by atoms with Crippen molar-refractivity contribution < 1.29 is 15.0 Å². The number of aliphatic hydroxyl groups is 1. The molecule has 4 nitrogen and oxygen atoms in total. The Hall–Kier alpha value is -1.55. The Labute approximate surface area is 101 Å². The van der Waals surface area contributed by atoms with Gasteiger partial charge in [-0.3, -0.25) is 0 Å². The number of aromatic carboxylic acids is 1. The van der Waals surface area contributed by atoms with Gasteiger partial charge in [0.25, 0.3) is 0 Å². The second-order valence-electron chi connectivity index (χ2n) is 4.39. The third-order valence-electron chi connectivity index (χ3n) is 2.73. The lowest BCUT2D eigenvalue weighted by Gasteiger charge is -2.22. The summed E-state index contributed by atoms with van der Waals surface area (Å²) in [6.45, 7) is 4.31. The zero-order valence-electron chi connectivity index (χ0n) is 10.2. The molecule has 0 aromatic heterocycles. The predicted octanol–water partition coefficient (Wildman–Crippen LogP) is 2.20. The molecule has 17 heavy (non-hydrogen) atoms. The molecule has 1 unspecified atom stereocenters. The zero-order valence-corrected chi connectivity index (χ0v) is 10.2. The van der Waals surface area contributed by atoms with Gasteiger partial charge in [0.05, 0.1) is 5.56 Å². The van der Waals surface area contributed by atoms with E-state index >= 15 is 0 Å². The molecule has 4 heteroatoms. The molecule has 0 fully saturated rings. The number of nitrogens with one attached hydrogen (secondary N) is 1. The van der Waals surface area contributed by atoms with E-state index in [-0.39, 0.29) is 18.2 Å². The molecular weight excluding hydrogens is 218 g/mol. The van der Waals surface area contributed by atoms with Crippen LogP contribution in [0.3, 0.4) is 0 Å². The maximum absolute atomic E-state index is 10.7. The van der Waals surface area contributed by atoms with Gasteiger partial charge in [-0.2, -0.15) is 0 Å². The van der Waals surface area contributed by atoms with Crippen LogP contribution < -0.4 is 5.32 Å². The molecule has 1 atom stereocenters. The molecule has 0 spiro atoms. The molecule has 1 aromatic carbocycles. The number of aliphatic hydroxyl groups excluding tert-OH is 1. The van der Waals surface area contributed by atoms with E-state index < -0.39 is 5.97 Å². The highest BCUT2D eigenvalue weighted by molar-refractivity contribution is 5.87. The van der Waals surface area contributed by atoms with E-state index in [0.717, 1.165) is 5.69 Å². The van der Waals surface area contributed by atoms with E-state index in [9.17, 15) is 4.79 Å². The highest BCUT2D eigenvalue weighted by Gasteiger charge is 2.12. The monoisotopic (exact) mass is 237 g/mol. The summed E-state index contributed by atoms with van der Waals surface area (Å²) in [7, 11) is 0. The van der Waals surface area contributed by atoms with E-state index in [1.54, 1.807) is 24.3 Å². The molecule has 3 N–H and O–H groups in total. The number of carboxylic acids is 1. The van der Waals surface area contributed by atoms with E-state index in [4.69, 9.17) is 10.2 Å². The van der Waals surface area contributed by atoms with Gasteiger partial charge in [0.1, 0.15) is 0 Å². The Morgan fingerprint density at radius 1 is 1.29 bits per heavy atom. The first-order chi connectivity index (χ1) is 8.04. The van der Waals surface area contributed by atoms with Crippen LogP contribution in [0.15, 0.2) is 24.3 Å². The first kappa shape index (κ1) is 13.5. The number of hydrogen-bond donors (Lipinski definition) is 3. The van der Waals surface area contributed by atoms with Crippen molar-refractivity contribution in [3.8, 4) is 0 Å². The maximum Gasteiger partial charge on any atom is 0.335 e. The quantitative estimate of drug-likeness (QED) is 0.709. The molecule has 1 aromatic rings. The smallest absolute Gasteiger partial charge is 0.335 e. The van der Waals surface area contributed by atoms with Crippen molar-refractivity contribution in [3.63, 3.8) is 0 Å². The second-order valence-corrected chi connectivity index (χ2v) is 4.39. The van der Waals surface area contributed by atoms with E-state index in [2.05, 4.69) is 19.2 Å². The molecule has 0 aliphatic carbocycles. The normalized spacial score (nSPS) is 12.5. The molecule has 0 heterocycles. The Morgan fingerprint density at radius 3 is 2.29 bits per heavy atom. The van der Waals surface area contributed by atoms with E-state index in [0.29, 0.717) is 12.3 Å². The van der Waals surface area contributed by atoms with Gasteiger partial charge >= 0.3 is 5.97 Å². The summed E-state index contributed by atoms with van der Waals surface area (Å²) >= 11 is 0. The van der Waals surface area contributed by atoms with Gasteiger partial charge in [0.15, 0.2) is 0 Å². The number of benzene rings is 1. The average Bonchev–Trinajstić information content (AvgIpc) is 2.29. The molecule has 0 saturated carbocycles. The van der Waals surface area contributed by atoms with E-state index in [1.807, 2.05) is 0 Å². The van der Waals surface area contributed by atoms with Crippen molar-refractivity contribution in [2.45, 2.75) is 26.3 Å². The number of anilines is 1.